The number of ether oxygens (including phenoxy) is 2. The van der Waals surface area contributed by atoms with Crippen molar-refractivity contribution in [2.45, 2.75) is 45.5 Å². The summed E-state index contributed by atoms with van der Waals surface area (Å²) in [7, 11) is 1.36. The molecule has 5 heteroatoms. The highest BCUT2D eigenvalue weighted by Gasteiger charge is 2.22. The monoisotopic (exact) mass is 306 g/mol. The van der Waals surface area contributed by atoms with Gasteiger partial charge in [-0.15, -0.1) is 0 Å². The zero-order valence-electron chi connectivity index (χ0n) is 13.8. The normalized spacial score (nSPS) is 23.8. The SMILES string of the molecule is COC(=O)C(C)Oc1ccc(CN2CC(C)NCC2C)cc1. The maximum atomic E-state index is 11.4. The molecule has 1 N–H and O–H groups in total. The molecule has 3 atom stereocenters. The van der Waals surface area contributed by atoms with Crippen LogP contribution in [0.4, 0.5) is 0 Å². The van der Waals surface area contributed by atoms with Crippen LogP contribution in [0.5, 0.6) is 5.75 Å². The molecule has 1 aliphatic heterocycles. The molecule has 5 nitrogen and oxygen atoms in total. The maximum absolute atomic E-state index is 11.4. The second kappa shape index (κ2) is 7.61. The number of esters is 1. The Bertz CT molecular complexity index is 489. The number of nitrogens with one attached hydrogen (secondary N) is 1. The number of carbonyl (C=O) groups excluding carboxylic acids is 1. The zero-order chi connectivity index (χ0) is 16.1. The molecule has 1 aromatic rings. The molecule has 0 amide bonds. The zero-order valence-corrected chi connectivity index (χ0v) is 13.8. The Morgan fingerprint density at radius 3 is 2.68 bits per heavy atom. The number of carbonyl (C=O) groups is 1. The molecule has 0 aliphatic carbocycles. The van der Waals surface area contributed by atoms with Crippen molar-refractivity contribution in [2.75, 3.05) is 20.2 Å². The number of nitrogens with zero attached hydrogens (tertiary/aromatic N) is 1. The fraction of sp³-hybridized carbons (Fsp3) is 0.588. The highest BCUT2D eigenvalue weighted by Crippen LogP contribution is 2.17. The van der Waals surface area contributed by atoms with E-state index in [0.29, 0.717) is 17.8 Å². The summed E-state index contributed by atoms with van der Waals surface area (Å²) in [6, 6.07) is 8.99. The van der Waals surface area contributed by atoms with E-state index in [0.717, 1.165) is 19.6 Å². The van der Waals surface area contributed by atoms with Gasteiger partial charge in [-0.1, -0.05) is 12.1 Å². The second-order valence-electron chi connectivity index (χ2n) is 6.01. The van der Waals surface area contributed by atoms with Crippen LogP contribution < -0.4 is 10.1 Å². The van der Waals surface area contributed by atoms with Crippen molar-refractivity contribution in [3.05, 3.63) is 29.8 Å². The standard InChI is InChI=1S/C17H26N2O3/c1-12-10-19(13(2)9-18-12)11-15-5-7-16(8-6-15)22-14(3)17(20)21-4/h5-8,12-14,18H,9-11H2,1-4H3. The Kier molecular flexibility index (Phi) is 5.80. The van der Waals surface area contributed by atoms with Crippen molar-refractivity contribution in [3.63, 3.8) is 0 Å². The molecule has 1 aromatic carbocycles. The second-order valence-corrected chi connectivity index (χ2v) is 6.01. The molecule has 0 bridgehead atoms. The largest absolute Gasteiger partial charge is 0.479 e. The summed E-state index contributed by atoms with van der Waals surface area (Å²) in [4.78, 5) is 13.8. The summed E-state index contributed by atoms with van der Waals surface area (Å²) in [5.74, 6) is 0.316. The molecule has 3 unspecified atom stereocenters. The van der Waals surface area contributed by atoms with E-state index < -0.39 is 6.10 Å². The van der Waals surface area contributed by atoms with Crippen LogP contribution in [0.3, 0.4) is 0 Å². The van der Waals surface area contributed by atoms with Crippen LogP contribution in [-0.4, -0.2) is 49.3 Å². The van der Waals surface area contributed by atoms with E-state index in [9.17, 15) is 4.79 Å². The third-order valence-corrected chi connectivity index (χ3v) is 4.05. The quantitative estimate of drug-likeness (QED) is 0.841. The molecule has 1 saturated heterocycles. The van der Waals surface area contributed by atoms with Gasteiger partial charge in [0.1, 0.15) is 5.75 Å². The van der Waals surface area contributed by atoms with Gasteiger partial charge in [0.15, 0.2) is 6.10 Å². The van der Waals surface area contributed by atoms with Gasteiger partial charge in [-0.3, -0.25) is 4.90 Å². The molecule has 1 fully saturated rings. The summed E-state index contributed by atoms with van der Waals surface area (Å²) >= 11 is 0. The molecular formula is C17H26N2O3. The average molecular weight is 306 g/mol. The van der Waals surface area contributed by atoms with Crippen molar-refractivity contribution in [1.29, 1.82) is 0 Å². The topological polar surface area (TPSA) is 50.8 Å². The average Bonchev–Trinajstić information content (AvgIpc) is 2.52. The Labute approximate surface area is 132 Å². The predicted octanol–water partition coefficient (Wildman–Crippen LogP) is 1.81. The van der Waals surface area contributed by atoms with Gasteiger partial charge >= 0.3 is 5.97 Å². The number of rotatable bonds is 5. The number of hydrogen-bond donors (Lipinski definition) is 1. The summed E-state index contributed by atoms with van der Waals surface area (Å²) in [5.41, 5.74) is 1.25. The van der Waals surface area contributed by atoms with Crippen molar-refractivity contribution < 1.29 is 14.3 Å². The van der Waals surface area contributed by atoms with Gasteiger partial charge < -0.3 is 14.8 Å². The number of methoxy groups -OCH3 is 1. The minimum Gasteiger partial charge on any atom is -0.479 e. The van der Waals surface area contributed by atoms with Gasteiger partial charge in [0.2, 0.25) is 0 Å². The van der Waals surface area contributed by atoms with Gasteiger partial charge in [0, 0.05) is 31.7 Å². The van der Waals surface area contributed by atoms with E-state index in [4.69, 9.17) is 4.74 Å². The first-order chi connectivity index (χ1) is 10.5. The van der Waals surface area contributed by atoms with Crippen LogP contribution in [0.1, 0.15) is 26.3 Å². The van der Waals surface area contributed by atoms with Gasteiger partial charge in [-0.2, -0.15) is 0 Å². The molecule has 0 spiro atoms. The lowest BCUT2D eigenvalue weighted by Gasteiger charge is -2.37. The summed E-state index contributed by atoms with van der Waals surface area (Å²) in [6.45, 7) is 9.15. The fourth-order valence-electron chi connectivity index (χ4n) is 2.64. The molecular weight excluding hydrogens is 280 g/mol. The van der Waals surface area contributed by atoms with Gasteiger partial charge in [0.25, 0.3) is 0 Å². The number of piperazine rings is 1. The molecule has 0 saturated carbocycles. The first kappa shape index (κ1) is 16.8. The van der Waals surface area contributed by atoms with E-state index in [1.165, 1.54) is 12.7 Å². The maximum Gasteiger partial charge on any atom is 0.346 e. The summed E-state index contributed by atoms with van der Waals surface area (Å²) in [5, 5.41) is 3.49. The van der Waals surface area contributed by atoms with Crippen molar-refractivity contribution in [2.24, 2.45) is 0 Å². The van der Waals surface area contributed by atoms with Crippen molar-refractivity contribution >= 4 is 5.97 Å². The number of benzene rings is 1. The Morgan fingerprint density at radius 2 is 2.05 bits per heavy atom. The van der Waals surface area contributed by atoms with E-state index in [2.05, 4.69) is 40.9 Å². The smallest absolute Gasteiger partial charge is 0.346 e. The molecule has 0 radical (unpaired) electrons. The molecule has 0 aromatic heterocycles. The van der Waals surface area contributed by atoms with Gasteiger partial charge in [-0.05, 0) is 38.5 Å². The van der Waals surface area contributed by atoms with Crippen LogP contribution >= 0.6 is 0 Å². The third-order valence-electron chi connectivity index (χ3n) is 4.05. The first-order valence-electron chi connectivity index (χ1n) is 7.80. The lowest BCUT2D eigenvalue weighted by atomic mass is 10.1. The van der Waals surface area contributed by atoms with E-state index in [-0.39, 0.29) is 5.97 Å². The molecule has 1 aliphatic rings. The van der Waals surface area contributed by atoms with Crippen molar-refractivity contribution in [1.82, 2.24) is 10.2 Å². The van der Waals surface area contributed by atoms with Crippen molar-refractivity contribution in [3.8, 4) is 5.75 Å². The van der Waals surface area contributed by atoms with E-state index in [1.54, 1.807) is 6.92 Å². The summed E-state index contributed by atoms with van der Waals surface area (Å²) < 4.78 is 10.2. The minimum absolute atomic E-state index is 0.368. The third kappa shape index (κ3) is 4.45. The minimum atomic E-state index is -0.593. The Balaban J connectivity index is 1.92. The molecule has 22 heavy (non-hydrogen) atoms. The molecule has 122 valence electrons. The van der Waals surface area contributed by atoms with Crippen LogP contribution in [-0.2, 0) is 16.1 Å². The lowest BCUT2D eigenvalue weighted by molar-refractivity contribution is -0.147. The highest BCUT2D eigenvalue weighted by molar-refractivity contribution is 5.74. The van der Waals surface area contributed by atoms with E-state index in [1.807, 2.05) is 12.1 Å². The first-order valence-corrected chi connectivity index (χ1v) is 7.80. The Morgan fingerprint density at radius 1 is 1.36 bits per heavy atom. The van der Waals surface area contributed by atoms with Crippen LogP contribution in [0.15, 0.2) is 24.3 Å². The lowest BCUT2D eigenvalue weighted by Crippen LogP contribution is -2.53. The van der Waals surface area contributed by atoms with Gasteiger partial charge in [0.05, 0.1) is 7.11 Å². The van der Waals surface area contributed by atoms with Crippen LogP contribution in [0.25, 0.3) is 0 Å². The fourth-order valence-corrected chi connectivity index (χ4v) is 2.64. The Hall–Kier alpha value is -1.59. The predicted molar refractivity (Wildman–Crippen MR) is 85.9 cm³/mol. The van der Waals surface area contributed by atoms with Gasteiger partial charge in [-0.25, -0.2) is 4.79 Å². The van der Waals surface area contributed by atoms with E-state index >= 15 is 0 Å². The molecule has 1 heterocycles. The van der Waals surface area contributed by atoms with Crippen LogP contribution in [0, 0.1) is 0 Å². The summed E-state index contributed by atoms with van der Waals surface area (Å²) in [6.07, 6.45) is -0.593. The van der Waals surface area contributed by atoms with Crippen LogP contribution in [0.2, 0.25) is 0 Å². The number of hydrogen-bond acceptors (Lipinski definition) is 5. The molecule has 2 rings (SSSR count). The highest BCUT2D eigenvalue weighted by atomic mass is 16.6.